The molecule has 0 aliphatic heterocycles. The van der Waals surface area contributed by atoms with Crippen LogP contribution in [0.15, 0.2) is 34.8 Å². The van der Waals surface area contributed by atoms with Gasteiger partial charge in [-0.15, -0.1) is 0 Å². The summed E-state index contributed by atoms with van der Waals surface area (Å²) in [7, 11) is 0. The van der Waals surface area contributed by atoms with Gasteiger partial charge >= 0.3 is 0 Å². The average molecular weight is 378 g/mol. The molecule has 0 bridgehead atoms. The highest BCUT2D eigenvalue weighted by atomic mass is 79.9. The Morgan fingerprint density at radius 3 is 2.52 bits per heavy atom. The van der Waals surface area contributed by atoms with Crippen molar-refractivity contribution in [2.75, 3.05) is 6.61 Å². The standard InChI is InChI=1S/C15H12BrClF2O2/c1-2-21-8-3-4-9(11(16)5-8)15(20)10-6-14(19)12(17)7-13(10)18/h3-7,15,20H,2H2,1H3. The number of aliphatic hydroxyl groups is 1. The molecule has 6 heteroatoms. The summed E-state index contributed by atoms with van der Waals surface area (Å²) in [6, 6.07) is 6.64. The van der Waals surface area contributed by atoms with Crippen molar-refractivity contribution in [1.82, 2.24) is 0 Å². The van der Waals surface area contributed by atoms with Gasteiger partial charge in [0.25, 0.3) is 0 Å². The van der Waals surface area contributed by atoms with E-state index in [1.807, 2.05) is 6.92 Å². The molecule has 2 aromatic carbocycles. The van der Waals surface area contributed by atoms with E-state index < -0.39 is 17.7 Å². The van der Waals surface area contributed by atoms with E-state index in [4.69, 9.17) is 16.3 Å². The van der Waals surface area contributed by atoms with E-state index in [9.17, 15) is 13.9 Å². The quantitative estimate of drug-likeness (QED) is 0.771. The van der Waals surface area contributed by atoms with Crippen molar-refractivity contribution in [2.24, 2.45) is 0 Å². The van der Waals surface area contributed by atoms with Crippen molar-refractivity contribution in [2.45, 2.75) is 13.0 Å². The number of hydrogen-bond donors (Lipinski definition) is 1. The maximum atomic E-state index is 13.8. The second-order valence-corrected chi connectivity index (χ2v) is 5.57. The lowest BCUT2D eigenvalue weighted by Crippen LogP contribution is -2.05. The molecule has 2 rings (SSSR count). The highest BCUT2D eigenvalue weighted by molar-refractivity contribution is 9.10. The maximum Gasteiger partial charge on any atom is 0.142 e. The molecular formula is C15H12BrClF2O2. The Morgan fingerprint density at radius 1 is 1.19 bits per heavy atom. The van der Waals surface area contributed by atoms with E-state index in [-0.39, 0.29) is 10.6 Å². The van der Waals surface area contributed by atoms with Crippen molar-refractivity contribution in [3.05, 3.63) is 62.6 Å². The molecule has 21 heavy (non-hydrogen) atoms. The molecule has 0 amide bonds. The Balaban J connectivity index is 2.40. The first kappa shape index (κ1) is 16.2. The van der Waals surface area contributed by atoms with Gasteiger partial charge in [0.05, 0.1) is 11.6 Å². The minimum Gasteiger partial charge on any atom is -0.494 e. The van der Waals surface area contributed by atoms with Crippen LogP contribution in [0.2, 0.25) is 5.02 Å². The molecule has 2 aromatic rings. The summed E-state index contributed by atoms with van der Waals surface area (Å²) >= 11 is 8.79. The van der Waals surface area contributed by atoms with Crippen LogP contribution < -0.4 is 4.74 Å². The van der Waals surface area contributed by atoms with E-state index in [0.29, 0.717) is 22.4 Å². The third-order valence-corrected chi connectivity index (χ3v) is 3.89. The largest absolute Gasteiger partial charge is 0.494 e. The Hall–Kier alpha value is -1.17. The summed E-state index contributed by atoms with van der Waals surface area (Å²) in [4.78, 5) is 0. The third-order valence-electron chi connectivity index (χ3n) is 2.91. The van der Waals surface area contributed by atoms with E-state index >= 15 is 0 Å². The second-order valence-electron chi connectivity index (χ2n) is 4.31. The summed E-state index contributed by atoms with van der Waals surface area (Å²) in [6.07, 6.45) is -1.32. The zero-order chi connectivity index (χ0) is 15.6. The van der Waals surface area contributed by atoms with Crippen molar-refractivity contribution in [1.29, 1.82) is 0 Å². The normalized spacial score (nSPS) is 12.3. The fourth-order valence-corrected chi connectivity index (χ4v) is 2.63. The molecule has 0 fully saturated rings. The first-order valence-corrected chi connectivity index (χ1v) is 7.36. The van der Waals surface area contributed by atoms with E-state index in [1.54, 1.807) is 18.2 Å². The van der Waals surface area contributed by atoms with Gasteiger partial charge in [0, 0.05) is 10.0 Å². The van der Waals surface area contributed by atoms with Gasteiger partial charge in [-0.2, -0.15) is 0 Å². The van der Waals surface area contributed by atoms with Gasteiger partial charge in [0.15, 0.2) is 0 Å². The molecule has 1 N–H and O–H groups in total. The fraction of sp³-hybridized carbons (Fsp3) is 0.200. The highest BCUT2D eigenvalue weighted by Crippen LogP contribution is 2.33. The Kier molecular flexibility index (Phi) is 5.19. The molecule has 0 aliphatic carbocycles. The van der Waals surface area contributed by atoms with Gasteiger partial charge in [-0.25, -0.2) is 8.78 Å². The van der Waals surface area contributed by atoms with Crippen LogP contribution in [-0.4, -0.2) is 11.7 Å². The molecule has 0 saturated heterocycles. The summed E-state index contributed by atoms with van der Waals surface area (Å²) < 4.78 is 33.2. The Morgan fingerprint density at radius 2 is 1.90 bits per heavy atom. The van der Waals surface area contributed by atoms with Gasteiger partial charge in [-0.05, 0) is 36.8 Å². The van der Waals surface area contributed by atoms with Gasteiger partial charge in [-0.3, -0.25) is 0 Å². The van der Waals surface area contributed by atoms with Crippen LogP contribution in [0.4, 0.5) is 8.78 Å². The minimum absolute atomic E-state index is 0.179. The SMILES string of the molecule is CCOc1ccc(C(O)c2cc(F)c(Cl)cc2F)c(Br)c1. The summed E-state index contributed by atoms with van der Waals surface area (Å²) in [6.45, 7) is 2.36. The molecule has 0 aromatic heterocycles. The molecular weight excluding hydrogens is 366 g/mol. The first-order chi connectivity index (χ1) is 9.93. The average Bonchev–Trinajstić information content (AvgIpc) is 2.43. The summed E-state index contributed by atoms with van der Waals surface area (Å²) in [5.74, 6) is -0.938. The van der Waals surface area contributed by atoms with Crippen LogP contribution in [-0.2, 0) is 0 Å². The van der Waals surface area contributed by atoms with Crippen LogP contribution in [0.25, 0.3) is 0 Å². The first-order valence-electron chi connectivity index (χ1n) is 6.18. The molecule has 1 unspecified atom stereocenters. The van der Waals surface area contributed by atoms with Gasteiger partial charge in [0.1, 0.15) is 23.5 Å². The summed E-state index contributed by atoms with van der Waals surface area (Å²) in [5.41, 5.74) is 0.223. The molecule has 1 atom stereocenters. The molecule has 0 saturated carbocycles. The van der Waals surface area contributed by atoms with Gasteiger partial charge in [0.2, 0.25) is 0 Å². The van der Waals surface area contributed by atoms with Crippen molar-refractivity contribution in [3.63, 3.8) is 0 Å². The molecule has 0 spiro atoms. The number of rotatable bonds is 4. The van der Waals surface area contributed by atoms with E-state index in [1.165, 1.54) is 0 Å². The number of aliphatic hydroxyl groups excluding tert-OH is 1. The number of halogens is 4. The lowest BCUT2D eigenvalue weighted by Gasteiger charge is -2.15. The van der Waals surface area contributed by atoms with Gasteiger partial charge < -0.3 is 9.84 Å². The monoisotopic (exact) mass is 376 g/mol. The maximum absolute atomic E-state index is 13.8. The molecule has 0 heterocycles. The molecule has 0 radical (unpaired) electrons. The predicted octanol–water partition coefficient (Wildman–Crippen LogP) is 4.86. The molecule has 112 valence electrons. The zero-order valence-corrected chi connectivity index (χ0v) is 13.4. The lowest BCUT2D eigenvalue weighted by molar-refractivity contribution is 0.213. The zero-order valence-electron chi connectivity index (χ0n) is 11.0. The number of benzene rings is 2. The van der Waals surface area contributed by atoms with E-state index in [2.05, 4.69) is 15.9 Å². The van der Waals surface area contributed by atoms with Gasteiger partial charge in [-0.1, -0.05) is 33.6 Å². The number of hydrogen-bond acceptors (Lipinski definition) is 2. The molecule has 2 nitrogen and oxygen atoms in total. The highest BCUT2D eigenvalue weighted by Gasteiger charge is 2.20. The van der Waals surface area contributed by atoms with Crippen LogP contribution in [0.1, 0.15) is 24.2 Å². The minimum atomic E-state index is -1.32. The van der Waals surface area contributed by atoms with Crippen LogP contribution in [0, 0.1) is 11.6 Å². The fourth-order valence-electron chi connectivity index (χ4n) is 1.90. The Bertz CT molecular complexity index is 664. The smallest absolute Gasteiger partial charge is 0.142 e. The second kappa shape index (κ2) is 6.73. The van der Waals surface area contributed by atoms with Crippen LogP contribution in [0.3, 0.4) is 0 Å². The van der Waals surface area contributed by atoms with Crippen molar-refractivity contribution < 1.29 is 18.6 Å². The van der Waals surface area contributed by atoms with E-state index in [0.717, 1.165) is 12.1 Å². The van der Waals surface area contributed by atoms with Crippen LogP contribution in [0.5, 0.6) is 5.75 Å². The Labute approximate surface area is 134 Å². The van der Waals surface area contributed by atoms with Crippen LogP contribution >= 0.6 is 27.5 Å². The topological polar surface area (TPSA) is 29.5 Å². The molecule has 0 aliphatic rings. The van der Waals surface area contributed by atoms with Crippen molar-refractivity contribution in [3.8, 4) is 5.75 Å². The third kappa shape index (κ3) is 3.54. The lowest BCUT2D eigenvalue weighted by atomic mass is 10.0. The predicted molar refractivity (Wildman–Crippen MR) is 80.7 cm³/mol. The number of ether oxygens (including phenoxy) is 1. The van der Waals surface area contributed by atoms with Crippen molar-refractivity contribution >= 4 is 27.5 Å². The summed E-state index contributed by atoms with van der Waals surface area (Å²) in [5, 5.41) is 9.94.